The van der Waals surface area contributed by atoms with Crippen LogP contribution in [0.1, 0.15) is 32.0 Å². The topological polar surface area (TPSA) is 76.7 Å². The van der Waals surface area contributed by atoms with Crippen molar-refractivity contribution in [1.82, 2.24) is 0 Å². The molecule has 1 aromatic heterocycles. The molecule has 5 nitrogen and oxygen atoms in total. The number of methoxy groups -OCH3 is 1. The Morgan fingerprint density at radius 3 is 2.19 bits per heavy atom. The van der Waals surface area contributed by atoms with Crippen LogP contribution in [-0.2, 0) is 0 Å². The van der Waals surface area contributed by atoms with Gasteiger partial charge >= 0.3 is 0 Å². The maximum atomic E-state index is 13.1. The maximum absolute atomic E-state index is 13.1. The molecular formula is C21H12O5. The fourth-order valence-electron chi connectivity index (χ4n) is 3.68. The van der Waals surface area contributed by atoms with Gasteiger partial charge < -0.3 is 14.3 Å². The van der Waals surface area contributed by atoms with Crippen molar-refractivity contribution in [3.63, 3.8) is 0 Å². The molecule has 0 saturated heterocycles. The van der Waals surface area contributed by atoms with E-state index in [1.54, 1.807) is 48.5 Å². The van der Waals surface area contributed by atoms with Gasteiger partial charge in [-0.3, -0.25) is 9.59 Å². The Bertz CT molecular complexity index is 1260. The van der Waals surface area contributed by atoms with E-state index in [2.05, 4.69) is 0 Å². The molecule has 0 amide bonds. The second kappa shape index (κ2) is 4.95. The molecule has 1 aliphatic carbocycles. The average Bonchev–Trinajstić information content (AvgIpc) is 3.08. The van der Waals surface area contributed by atoms with E-state index in [0.717, 1.165) is 0 Å². The first-order valence-electron chi connectivity index (χ1n) is 8.06. The Labute approximate surface area is 147 Å². The zero-order chi connectivity index (χ0) is 18.0. The predicted octanol–water partition coefficient (Wildman–Crippen LogP) is 4.08. The molecule has 0 atom stereocenters. The quantitative estimate of drug-likeness (QED) is 0.496. The van der Waals surface area contributed by atoms with E-state index < -0.39 is 0 Å². The lowest BCUT2D eigenvalue weighted by atomic mass is 9.86. The number of carbonyl (C=O) groups is 2. The summed E-state index contributed by atoms with van der Waals surface area (Å²) in [7, 11) is 1.41. The molecule has 0 radical (unpaired) electrons. The van der Waals surface area contributed by atoms with Crippen LogP contribution >= 0.6 is 0 Å². The van der Waals surface area contributed by atoms with Gasteiger partial charge in [0, 0.05) is 21.9 Å². The third-order valence-corrected chi connectivity index (χ3v) is 4.83. The molecule has 0 aliphatic heterocycles. The number of benzene rings is 3. The molecule has 0 bridgehead atoms. The molecule has 4 aromatic rings. The largest absolute Gasteiger partial charge is 0.504 e. The first-order chi connectivity index (χ1) is 12.6. The molecule has 0 saturated carbocycles. The van der Waals surface area contributed by atoms with Crippen LogP contribution in [0.2, 0.25) is 0 Å². The summed E-state index contributed by atoms with van der Waals surface area (Å²) in [5.74, 6) is -0.640. The Hall–Kier alpha value is -3.60. The van der Waals surface area contributed by atoms with E-state index >= 15 is 0 Å². The lowest BCUT2D eigenvalue weighted by Gasteiger charge is -2.13. The van der Waals surface area contributed by atoms with Gasteiger partial charge in [-0.25, -0.2) is 0 Å². The number of furan rings is 1. The first-order valence-corrected chi connectivity index (χ1v) is 8.06. The normalized spacial score (nSPS) is 13.1. The number of phenolic OH excluding ortho intramolecular Hbond substituents is 1. The third-order valence-electron chi connectivity index (χ3n) is 4.83. The molecule has 1 heterocycles. The summed E-state index contributed by atoms with van der Waals surface area (Å²) in [4.78, 5) is 26.0. The van der Waals surface area contributed by atoms with Crippen molar-refractivity contribution in [3.8, 4) is 11.5 Å². The fraction of sp³-hybridized carbons (Fsp3) is 0.0476. The summed E-state index contributed by atoms with van der Waals surface area (Å²) in [5, 5.41) is 12.1. The van der Waals surface area contributed by atoms with Gasteiger partial charge in [-0.05, 0) is 0 Å². The van der Waals surface area contributed by atoms with Crippen LogP contribution in [0, 0.1) is 0 Å². The minimum Gasteiger partial charge on any atom is -0.504 e. The monoisotopic (exact) mass is 344 g/mol. The highest BCUT2D eigenvalue weighted by molar-refractivity contribution is 6.33. The Kier molecular flexibility index (Phi) is 2.80. The van der Waals surface area contributed by atoms with Crippen LogP contribution < -0.4 is 4.74 Å². The summed E-state index contributed by atoms with van der Waals surface area (Å²) in [6, 6.07) is 13.7. The molecule has 5 heteroatoms. The SMILES string of the molecule is COc1c(O)c2ccccc2c2oc3c(c12)C(=O)c1ccccc1C3=O. The molecule has 1 aliphatic rings. The number of rotatable bonds is 1. The highest BCUT2D eigenvalue weighted by Crippen LogP contribution is 2.47. The van der Waals surface area contributed by atoms with E-state index in [9.17, 15) is 14.7 Å². The Morgan fingerprint density at radius 1 is 0.885 bits per heavy atom. The number of fused-ring (bicyclic) bond motifs is 6. The van der Waals surface area contributed by atoms with Crippen LogP contribution in [0.25, 0.3) is 21.7 Å². The molecule has 0 fully saturated rings. The standard InChI is InChI=1S/C21H12O5/c1-25-20-15-14-16(22)10-6-2-3-7-11(10)18(24)21(14)26-19(15)13-9-5-4-8-12(13)17(20)23/h2-9,23H,1H3. The zero-order valence-corrected chi connectivity index (χ0v) is 13.7. The third kappa shape index (κ3) is 1.64. The summed E-state index contributed by atoms with van der Waals surface area (Å²) in [6.07, 6.45) is 0. The number of ether oxygens (including phenoxy) is 1. The van der Waals surface area contributed by atoms with E-state index in [1.165, 1.54) is 7.11 Å². The minimum absolute atomic E-state index is 0.0160. The summed E-state index contributed by atoms with van der Waals surface area (Å²) in [6.45, 7) is 0. The van der Waals surface area contributed by atoms with E-state index in [1.807, 2.05) is 0 Å². The van der Waals surface area contributed by atoms with Gasteiger partial charge in [-0.1, -0.05) is 48.5 Å². The van der Waals surface area contributed by atoms with Gasteiger partial charge in [0.2, 0.25) is 5.78 Å². The fourth-order valence-corrected chi connectivity index (χ4v) is 3.68. The van der Waals surface area contributed by atoms with Gasteiger partial charge in [-0.2, -0.15) is 0 Å². The lowest BCUT2D eigenvalue weighted by Crippen LogP contribution is -2.19. The molecular weight excluding hydrogens is 332 g/mol. The van der Waals surface area contributed by atoms with Crippen molar-refractivity contribution < 1.29 is 23.8 Å². The van der Waals surface area contributed by atoms with Crippen LogP contribution in [0.5, 0.6) is 11.5 Å². The van der Waals surface area contributed by atoms with Gasteiger partial charge in [-0.15, -0.1) is 0 Å². The predicted molar refractivity (Wildman–Crippen MR) is 95.2 cm³/mol. The van der Waals surface area contributed by atoms with Crippen molar-refractivity contribution in [2.24, 2.45) is 0 Å². The summed E-state index contributed by atoms with van der Waals surface area (Å²) >= 11 is 0. The highest BCUT2D eigenvalue weighted by Gasteiger charge is 2.37. The zero-order valence-electron chi connectivity index (χ0n) is 13.7. The molecule has 26 heavy (non-hydrogen) atoms. The number of hydrogen-bond acceptors (Lipinski definition) is 5. The highest BCUT2D eigenvalue weighted by atomic mass is 16.5. The van der Waals surface area contributed by atoms with Gasteiger partial charge in [0.25, 0.3) is 0 Å². The van der Waals surface area contributed by atoms with Crippen molar-refractivity contribution in [3.05, 3.63) is 71.0 Å². The van der Waals surface area contributed by atoms with Crippen LogP contribution in [-0.4, -0.2) is 23.8 Å². The number of hydrogen-bond donors (Lipinski definition) is 1. The number of phenols is 1. The number of ketones is 2. The minimum atomic E-state index is -0.350. The number of carbonyl (C=O) groups excluding carboxylic acids is 2. The van der Waals surface area contributed by atoms with Gasteiger partial charge in [0.15, 0.2) is 23.0 Å². The van der Waals surface area contributed by atoms with Crippen LogP contribution in [0.3, 0.4) is 0 Å². The molecule has 3 aromatic carbocycles. The summed E-state index contributed by atoms with van der Waals surface area (Å²) < 4.78 is 11.3. The number of aromatic hydroxyl groups is 1. The molecule has 1 N–H and O–H groups in total. The molecule has 5 rings (SSSR count). The van der Waals surface area contributed by atoms with Crippen molar-refractivity contribution in [1.29, 1.82) is 0 Å². The molecule has 0 spiro atoms. The van der Waals surface area contributed by atoms with Crippen molar-refractivity contribution >= 4 is 33.3 Å². The van der Waals surface area contributed by atoms with E-state index in [4.69, 9.17) is 9.15 Å². The van der Waals surface area contributed by atoms with Gasteiger partial charge in [0.05, 0.1) is 18.1 Å². The van der Waals surface area contributed by atoms with Crippen LogP contribution in [0.4, 0.5) is 0 Å². The molecule has 0 unspecified atom stereocenters. The smallest absolute Gasteiger partial charge is 0.229 e. The average molecular weight is 344 g/mol. The van der Waals surface area contributed by atoms with E-state index in [-0.39, 0.29) is 34.4 Å². The second-order valence-electron chi connectivity index (χ2n) is 6.14. The van der Waals surface area contributed by atoms with Crippen molar-refractivity contribution in [2.75, 3.05) is 7.11 Å². The van der Waals surface area contributed by atoms with E-state index in [0.29, 0.717) is 32.9 Å². The second-order valence-corrected chi connectivity index (χ2v) is 6.14. The van der Waals surface area contributed by atoms with Gasteiger partial charge in [0.1, 0.15) is 5.58 Å². The molecule has 126 valence electrons. The first kappa shape index (κ1) is 14.7. The Morgan fingerprint density at radius 2 is 1.50 bits per heavy atom. The summed E-state index contributed by atoms with van der Waals surface area (Å²) in [5.41, 5.74) is 1.13. The van der Waals surface area contributed by atoms with Crippen LogP contribution in [0.15, 0.2) is 52.9 Å². The Balaban J connectivity index is 2.01. The lowest BCUT2D eigenvalue weighted by molar-refractivity contribution is 0.0962. The maximum Gasteiger partial charge on any atom is 0.229 e. The van der Waals surface area contributed by atoms with Crippen molar-refractivity contribution in [2.45, 2.75) is 0 Å².